The SMILES string of the molecule is NC(CS(=O)(=O)c1cc(F)ccc1F)C1CCOC1. The Balaban J connectivity index is 2.19. The molecule has 0 radical (unpaired) electrons. The molecule has 1 saturated heterocycles. The highest BCUT2D eigenvalue weighted by atomic mass is 32.2. The number of nitrogens with two attached hydrogens (primary N) is 1. The number of benzene rings is 1. The van der Waals surface area contributed by atoms with Crippen LogP contribution in [0.15, 0.2) is 23.1 Å². The van der Waals surface area contributed by atoms with Gasteiger partial charge in [0.25, 0.3) is 0 Å². The second kappa shape index (κ2) is 5.52. The second-order valence-electron chi connectivity index (χ2n) is 4.64. The van der Waals surface area contributed by atoms with E-state index >= 15 is 0 Å². The van der Waals surface area contributed by atoms with Gasteiger partial charge in [-0.2, -0.15) is 0 Å². The summed E-state index contributed by atoms with van der Waals surface area (Å²) in [7, 11) is -3.95. The Morgan fingerprint density at radius 1 is 1.42 bits per heavy atom. The fourth-order valence-corrected chi connectivity index (χ4v) is 3.70. The molecule has 2 atom stereocenters. The number of hydrogen-bond acceptors (Lipinski definition) is 4. The molecule has 1 aliphatic heterocycles. The maximum Gasteiger partial charge on any atom is 0.182 e. The van der Waals surface area contributed by atoms with Crippen molar-refractivity contribution in [1.82, 2.24) is 0 Å². The molecule has 4 nitrogen and oxygen atoms in total. The van der Waals surface area contributed by atoms with Gasteiger partial charge in [0.1, 0.15) is 16.5 Å². The molecule has 1 aromatic rings. The largest absolute Gasteiger partial charge is 0.381 e. The highest BCUT2D eigenvalue weighted by molar-refractivity contribution is 7.91. The van der Waals surface area contributed by atoms with Gasteiger partial charge in [-0.05, 0) is 24.6 Å². The van der Waals surface area contributed by atoms with E-state index in [4.69, 9.17) is 10.5 Å². The average Bonchev–Trinajstić information content (AvgIpc) is 2.85. The Kier molecular flexibility index (Phi) is 4.17. The molecule has 1 fully saturated rings. The summed E-state index contributed by atoms with van der Waals surface area (Å²) in [5.74, 6) is -2.23. The average molecular weight is 291 g/mol. The van der Waals surface area contributed by atoms with E-state index in [0.29, 0.717) is 25.7 Å². The lowest BCUT2D eigenvalue weighted by molar-refractivity contribution is 0.182. The van der Waals surface area contributed by atoms with Crippen LogP contribution in [0.2, 0.25) is 0 Å². The molecule has 7 heteroatoms. The van der Waals surface area contributed by atoms with Crippen LogP contribution >= 0.6 is 0 Å². The van der Waals surface area contributed by atoms with Gasteiger partial charge in [-0.25, -0.2) is 17.2 Å². The molecule has 0 saturated carbocycles. The van der Waals surface area contributed by atoms with E-state index in [-0.39, 0.29) is 5.92 Å². The summed E-state index contributed by atoms with van der Waals surface area (Å²) in [6.07, 6.45) is 0.683. The Hall–Kier alpha value is -1.05. The lowest BCUT2D eigenvalue weighted by Gasteiger charge is -2.17. The zero-order valence-electron chi connectivity index (χ0n) is 10.2. The molecule has 1 aromatic carbocycles. The van der Waals surface area contributed by atoms with E-state index in [9.17, 15) is 17.2 Å². The first kappa shape index (κ1) is 14.4. The van der Waals surface area contributed by atoms with Crippen LogP contribution in [-0.2, 0) is 14.6 Å². The molecular formula is C12H15F2NO3S. The zero-order chi connectivity index (χ0) is 14.0. The molecule has 0 bridgehead atoms. The number of rotatable bonds is 4. The molecule has 2 rings (SSSR count). The van der Waals surface area contributed by atoms with Crippen molar-refractivity contribution in [3.63, 3.8) is 0 Å². The summed E-state index contributed by atoms with van der Waals surface area (Å²) in [6, 6.07) is 1.71. The van der Waals surface area contributed by atoms with Crippen molar-refractivity contribution >= 4 is 9.84 Å². The predicted molar refractivity (Wildman–Crippen MR) is 65.3 cm³/mol. The van der Waals surface area contributed by atoms with Crippen molar-refractivity contribution < 1.29 is 21.9 Å². The van der Waals surface area contributed by atoms with Crippen LogP contribution in [0.1, 0.15) is 6.42 Å². The van der Waals surface area contributed by atoms with Crippen LogP contribution < -0.4 is 5.73 Å². The van der Waals surface area contributed by atoms with Gasteiger partial charge in [-0.3, -0.25) is 0 Å². The maximum absolute atomic E-state index is 13.5. The van der Waals surface area contributed by atoms with Gasteiger partial charge >= 0.3 is 0 Å². The van der Waals surface area contributed by atoms with Crippen LogP contribution in [-0.4, -0.2) is 33.4 Å². The predicted octanol–water partition coefficient (Wildman–Crippen LogP) is 1.10. The van der Waals surface area contributed by atoms with Crippen molar-refractivity contribution in [2.24, 2.45) is 11.7 Å². The Bertz CT molecular complexity index is 556. The lowest BCUT2D eigenvalue weighted by atomic mass is 10.0. The van der Waals surface area contributed by atoms with E-state index in [1.807, 2.05) is 0 Å². The first-order chi connectivity index (χ1) is 8.90. The minimum atomic E-state index is -3.95. The van der Waals surface area contributed by atoms with Crippen LogP contribution in [0, 0.1) is 17.6 Å². The number of hydrogen-bond donors (Lipinski definition) is 1. The monoisotopic (exact) mass is 291 g/mol. The molecule has 0 aliphatic carbocycles. The number of halogens is 2. The quantitative estimate of drug-likeness (QED) is 0.902. The van der Waals surface area contributed by atoms with Crippen molar-refractivity contribution in [3.05, 3.63) is 29.8 Å². The highest BCUT2D eigenvalue weighted by Gasteiger charge is 2.29. The molecule has 1 aliphatic rings. The van der Waals surface area contributed by atoms with Crippen molar-refractivity contribution in [2.75, 3.05) is 19.0 Å². The minimum absolute atomic E-state index is 0.0635. The molecule has 2 N–H and O–H groups in total. The third-order valence-electron chi connectivity index (χ3n) is 3.21. The zero-order valence-corrected chi connectivity index (χ0v) is 11.0. The summed E-state index contributed by atoms with van der Waals surface area (Å²) < 4.78 is 55.7. The van der Waals surface area contributed by atoms with Crippen molar-refractivity contribution in [3.8, 4) is 0 Å². The van der Waals surface area contributed by atoms with Gasteiger partial charge in [-0.15, -0.1) is 0 Å². The van der Waals surface area contributed by atoms with Gasteiger partial charge in [0, 0.05) is 18.6 Å². The van der Waals surface area contributed by atoms with E-state index in [1.54, 1.807) is 0 Å². The van der Waals surface area contributed by atoms with Crippen LogP contribution in [0.4, 0.5) is 8.78 Å². The normalized spacial score (nSPS) is 21.5. The minimum Gasteiger partial charge on any atom is -0.381 e. The second-order valence-corrected chi connectivity index (χ2v) is 6.65. The third kappa shape index (κ3) is 3.29. The van der Waals surface area contributed by atoms with Crippen LogP contribution in [0.5, 0.6) is 0 Å². The van der Waals surface area contributed by atoms with E-state index in [1.165, 1.54) is 0 Å². The molecular weight excluding hydrogens is 276 g/mol. The summed E-state index contributed by atoms with van der Waals surface area (Å²) in [4.78, 5) is -0.637. The Labute approximate surface area is 110 Å². The van der Waals surface area contributed by atoms with Gasteiger partial charge in [-0.1, -0.05) is 0 Å². The summed E-state index contributed by atoms with van der Waals surface area (Å²) in [5, 5.41) is 0. The highest BCUT2D eigenvalue weighted by Crippen LogP contribution is 2.22. The van der Waals surface area contributed by atoms with Crippen molar-refractivity contribution in [1.29, 1.82) is 0 Å². The first-order valence-corrected chi connectivity index (χ1v) is 7.56. The number of ether oxygens (including phenoxy) is 1. The molecule has 0 spiro atoms. The van der Waals surface area contributed by atoms with Gasteiger partial charge < -0.3 is 10.5 Å². The Morgan fingerprint density at radius 2 is 2.16 bits per heavy atom. The van der Waals surface area contributed by atoms with Gasteiger partial charge in [0.2, 0.25) is 0 Å². The molecule has 19 heavy (non-hydrogen) atoms. The first-order valence-electron chi connectivity index (χ1n) is 5.91. The fraction of sp³-hybridized carbons (Fsp3) is 0.500. The number of sulfone groups is 1. The maximum atomic E-state index is 13.5. The van der Waals surface area contributed by atoms with E-state index < -0.39 is 38.2 Å². The summed E-state index contributed by atoms with van der Waals surface area (Å²) in [6.45, 7) is 0.953. The van der Waals surface area contributed by atoms with Crippen molar-refractivity contribution in [2.45, 2.75) is 17.4 Å². The molecule has 106 valence electrons. The van der Waals surface area contributed by atoms with Crippen LogP contribution in [0.3, 0.4) is 0 Å². The van der Waals surface area contributed by atoms with Gasteiger partial charge in [0.05, 0.1) is 12.4 Å². The topological polar surface area (TPSA) is 69.4 Å². The smallest absolute Gasteiger partial charge is 0.182 e. The molecule has 0 aromatic heterocycles. The Morgan fingerprint density at radius 3 is 2.79 bits per heavy atom. The van der Waals surface area contributed by atoms with E-state index in [2.05, 4.69) is 0 Å². The van der Waals surface area contributed by atoms with E-state index in [0.717, 1.165) is 12.1 Å². The lowest BCUT2D eigenvalue weighted by Crippen LogP contribution is -2.37. The van der Waals surface area contributed by atoms with Gasteiger partial charge in [0.15, 0.2) is 9.84 Å². The molecule has 2 unspecified atom stereocenters. The summed E-state index contributed by atoms with van der Waals surface area (Å²) >= 11 is 0. The van der Waals surface area contributed by atoms with Crippen LogP contribution in [0.25, 0.3) is 0 Å². The standard InChI is InChI=1S/C12H15F2NO3S/c13-9-1-2-10(14)12(5-9)19(16,17)7-11(15)8-3-4-18-6-8/h1-2,5,8,11H,3-4,6-7,15H2. The fourth-order valence-electron chi connectivity index (χ4n) is 2.09. The molecule has 1 heterocycles. The third-order valence-corrected chi connectivity index (χ3v) is 5.02. The molecule has 0 amide bonds. The summed E-state index contributed by atoms with van der Waals surface area (Å²) in [5.41, 5.74) is 5.82.